The van der Waals surface area contributed by atoms with Gasteiger partial charge in [0, 0.05) is 0 Å². The molecule has 0 saturated carbocycles. The van der Waals surface area contributed by atoms with E-state index < -0.39 is 0 Å². The molecule has 1 N–H and O–H groups in total. The van der Waals surface area contributed by atoms with Crippen LogP contribution in [-0.2, 0) is 0 Å². The fourth-order valence-corrected chi connectivity index (χ4v) is 1.29. The monoisotopic (exact) mass is 198 g/mol. The van der Waals surface area contributed by atoms with Crippen LogP contribution in [0.15, 0.2) is 18.2 Å². The molecule has 1 atom stereocenters. The van der Waals surface area contributed by atoms with Crippen molar-refractivity contribution in [1.82, 2.24) is 9.97 Å². The number of halogens is 2. The Morgan fingerprint density at radius 2 is 2.31 bits per heavy atom. The molecule has 0 amide bonds. The van der Waals surface area contributed by atoms with Crippen molar-refractivity contribution in [3.63, 3.8) is 0 Å². The number of benzene rings is 1. The van der Waals surface area contributed by atoms with Crippen LogP contribution in [0.1, 0.15) is 18.1 Å². The first-order valence-electron chi connectivity index (χ1n) is 3.96. The third-order valence-corrected chi connectivity index (χ3v) is 2.05. The predicted octanol–water partition coefficient (Wildman–Crippen LogP) is 3.00. The third kappa shape index (κ3) is 1.52. The number of alkyl halides is 1. The van der Waals surface area contributed by atoms with Gasteiger partial charge < -0.3 is 4.98 Å². The largest absolute Gasteiger partial charge is 0.341 e. The Bertz CT molecular complexity index is 436. The Morgan fingerprint density at radius 1 is 1.54 bits per heavy atom. The normalized spacial score (nSPS) is 13.5. The van der Waals surface area contributed by atoms with Crippen molar-refractivity contribution in [3.8, 4) is 0 Å². The highest BCUT2D eigenvalue weighted by Gasteiger charge is 2.07. The number of hydrogen-bond donors (Lipinski definition) is 1. The topological polar surface area (TPSA) is 28.7 Å². The lowest BCUT2D eigenvalue weighted by Gasteiger charge is -1.93. The first kappa shape index (κ1) is 8.51. The van der Waals surface area contributed by atoms with E-state index in [0.29, 0.717) is 11.3 Å². The van der Waals surface area contributed by atoms with Crippen molar-refractivity contribution in [2.45, 2.75) is 12.3 Å². The van der Waals surface area contributed by atoms with Crippen molar-refractivity contribution in [3.05, 3.63) is 29.8 Å². The number of imidazole rings is 1. The van der Waals surface area contributed by atoms with Crippen LogP contribution in [0.25, 0.3) is 11.0 Å². The van der Waals surface area contributed by atoms with Gasteiger partial charge in [-0.3, -0.25) is 0 Å². The van der Waals surface area contributed by atoms with Gasteiger partial charge in [0.15, 0.2) is 0 Å². The van der Waals surface area contributed by atoms with Crippen LogP contribution in [0.5, 0.6) is 0 Å². The number of aromatic nitrogens is 2. The summed E-state index contributed by atoms with van der Waals surface area (Å²) in [6, 6.07) is 4.42. The summed E-state index contributed by atoms with van der Waals surface area (Å²) in [5, 5.41) is -0.185. The Labute approximate surface area is 79.7 Å². The number of hydrogen-bond acceptors (Lipinski definition) is 1. The molecule has 0 fully saturated rings. The van der Waals surface area contributed by atoms with E-state index in [1.807, 2.05) is 6.92 Å². The molecule has 2 nitrogen and oxygen atoms in total. The summed E-state index contributed by atoms with van der Waals surface area (Å²) < 4.78 is 12.8. The number of H-pyrrole nitrogens is 1. The molecule has 2 aromatic rings. The van der Waals surface area contributed by atoms with Crippen molar-refractivity contribution in [2.24, 2.45) is 0 Å². The molecule has 2 rings (SSSR count). The number of nitrogens with one attached hydrogen (secondary N) is 1. The lowest BCUT2D eigenvalue weighted by atomic mass is 10.3. The number of rotatable bonds is 1. The molecule has 0 aliphatic rings. The fourth-order valence-electron chi connectivity index (χ4n) is 1.19. The van der Waals surface area contributed by atoms with Crippen LogP contribution in [-0.4, -0.2) is 9.97 Å². The zero-order valence-corrected chi connectivity index (χ0v) is 7.77. The van der Waals surface area contributed by atoms with E-state index in [0.717, 1.165) is 5.52 Å². The summed E-state index contributed by atoms with van der Waals surface area (Å²) in [5.41, 5.74) is 1.42. The minimum absolute atomic E-state index is 0.185. The average Bonchev–Trinajstić information content (AvgIpc) is 2.46. The van der Waals surface area contributed by atoms with Gasteiger partial charge >= 0.3 is 0 Å². The molecule has 0 aliphatic heterocycles. The lowest BCUT2D eigenvalue weighted by molar-refractivity contribution is 0.629. The number of fused-ring (bicyclic) bond motifs is 1. The smallest absolute Gasteiger partial charge is 0.125 e. The molecular weight excluding hydrogens is 191 g/mol. The predicted molar refractivity (Wildman–Crippen MR) is 50.3 cm³/mol. The van der Waals surface area contributed by atoms with E-state index in [9.17, 15) is 4.39 Å². The van der Waals surface area contributed by atoms with Crippen molar-refractivity contribution in [1.29, 1.82) is 0 Å². The first-order valence-corrected chi connectivity index (χ1v) is 4.39. The van der Waals surface area contributed by atoms with Crippen molar-refractivity contribution >= 4 is 22.6 Å². The van der Waals surface area contributed by atoms with Gasteiger partial charge in [0.25, 0.3) is 0 Å². The van der Waals surface area contributed by atoms with E-state index in [4.69, 9.17) is 11.6 Å². The summed E-state index contributed by atoms with van der Waals surface area (Å²) >= 11 is 5.83. The second kappa shape index (κ2) is 3.00. The van der Waals surface area contributed by atoms with Gasteiger partial charge in [0.2, 0.25) is 0 Å². The van der Waals surface area contributed by atoms with Crippen LogP contribution in [0.3, 0.4) is 0 Å². The summed E-state index contributed by atoms with van der Waals surface area (Å²) in [6.07, 6.45) is 0. The molecule has 13 heavy (non-hydrogen) atoms. The summed E-state index contributed by atoms with van der Waals surface area (Å²) in [6.45, 7) is 1.82. The Morgan fingerprint density at radius 3 is 3.00 bits per heavy atom. The quantitative estimate of drug-likeness (QED) is 0.702. The van der Waals surface area contributed by atoms with Gasteiger partial charge in [0.05, 0.1) is 16.4 Å². The van der Waals surface area contributed by atoms with Crippen LogP contribution < -0.4 is 0 Å². The summed E-state index contributed by atoms with van der Waals surface area (Å²) in [7, 11) is 0. The zero-order valence-electron chi connectivity index (χ0n) is 7.01. The van der Waals surface area contributed by atoms with Gasteiger partial charge in [0.1, 0.15) is 11.6 Å². The maximum atomic E-state index is 12.8. The SMILES string of the molecule is CC(Cl)c1nc2ccc(F)cc2[nH]1. The Balaban J connectivity index is 2.62. The van der Waals surface area contributed by atoms with Gasteiger partial charge in [-0.25, -0.2) is 9.37 Å². The van der Waals surface area contributed by atoms with E-state index >= 15 is 0 Å². The highest BCUT2D eigenvalue weighted by atomic mass is 35.5. The first-order chi connectivity index (χ1) is 6.16. The molecule has 0 bridgehead atoms. The van der Waals surface area contributed by atoms with Crippen molar-refractivity contribution in [2.75, 3.05) is 0 Å². The maximum Gasteiger partial charge on any atom is 0.125 e. The fraction of sp³-hybridized carbons (Fsp3) is 0.222. The molecule has 0 spiro atoms. The van der Waals surface area contributed by atoms with Gasteiger partial charge in [-0.05, 0) is 25.1 Å². The lowest BCUT2D eigenvalue weighted by Crippen LogP contribution is -1.85. The van der Waals surface area contributed by atoms with E-state index in [1.165, 1.54) is 12.1 Å². The summed E-state index contributed by atoms with van der Waals surface area (Å²) in [4.78, 5) is 7.15. The molecule has 4 heteroatoms. The molecule has 68 valence electrons. The molecule has 0 saturated heterocycles. The van der Waals surface area contributed by atoms with E-state index in [1.54, 1.807) is 6.07 Å². The Hall–Kier alpha value is -1.09. The van der Waals surface area contributed by atoms with Crippen molar-refractivity contribution < 1.29 is 4.39 Å². The third-order valence-electron chi connectivity index (χ3n) is 1.84. The second-order valence-corrected chi connectivity index (χ2v) is 3.55. The zero-order chi connectivity index (χ0) is 9.42. The van der Waals surface area contributed by atoms with Crippen LogP contribution >= 0.6 is 11.6 Å². The van der Waals surface area contributed by atoms with Crippen LogP contribution in [0.4, 0.5) is 4.39 Å². The maximum absolute atomic E-state index is 12.8. The van der Waals surface area contributed by atoms with Crippen LogP contribution in [0, 0.1) is 5.82 Å². The molecule has 1 unspecified atom stereocenters. The van der Waals surface area contributed by atoms with E-state index in [2.05, 4.69) is 9.97 Å². The highest BCUT2D eigenvalue weighted by Crippen LogP contribution is 2.20. The molecule has 1 heterocycles. The minimum atomic E-state index is -0.273. The Kier molecular flexibility index (Phi) is 1.96. The average molecular weight is 199 g/mol. The van der Waals surface area contributed by atoms with Gasteiger partial charge in [-0.2, -0.15) is 0 Å². The summed E-state index contributed by atoms with van der Waals surface area (Å²) in [5.74, 6) is 0.396. The highest BCUT2D eigenvalue weighted by molar-refractivity contribution is 6.20. The molecule has 0 radical (unpaired) electrons. The molecule has 0 aliphatic carbocycles. The van der Waals surface area contributed by atoms with Crippen LogP contribution in [0.2, 0.25) is 0 Å². The molecular formula is C9H8ClFN2. The van der Waals surface area contributed by atoms with E-state index in [-0.39, 0.29) is 11.2 Å². The van der Waals surface area contributed by atoms with Gasteiger partial charge in [-0.1, -0.05) is 0 Å². The molecule has 1 aromatic heterocycles. The number of aromatic amines is 1. The molecule has 1 aromatic carbocycles. The second-order valence-electron chi connectivity index (χ2n) is 2.90. The standard InChI is InChI=1S/C9H8ClFN2/c1-5(10)9-12-7-3-2-6(11)4-8(7)13-9/h2-5H,1H3,(H,12,13). The van der Waals surface area contributed by atoms with Gasteiger partial charge in [-0.15, -0.1) is 11.6 Å². The number of nitrogens with zero attached hydrogens (tertiary/aromatic N) is 1. The minimum Gasteiger partial charge on any atom is -0.341 e.